The zero-order valence-corrected chi connectivity index (χ0v) is 26.9. The molecule has 1 unspecified atom stereocenters. The molecule has 0 spiro atoms. The molecule has 6 rings (SSSR count). The van der Waals surface area contributed by atoms with Gasteiger partial charge in [-0.2, -0.15) is 0 Å². The van der Waals surface area contributed by atoms with E-state index in [0.29, 0.717) is 11.4 Å². The molecular formula is C39H42ClFN2O2. The highest BCUT2D eigenvalue weighted by atomic mass is 35.5. The largest absolute Gasteiger partial charge is 0.507 e. The number of phenols is 1. The van der Waals surface area contributed by atoms with Crippen LogP contribution in [0, 0.1) is 0 Å². The summed E-state index contributed by atoms with van der Waals surface area (Å²) in [5.41, 5.74) is 16.0. The summed E-state index contributed by atoms with van der Waals surface area (Å²) >= 11 is 6.24. The van der Waals surface area contributed by atoms with E-state index < -0.39 is 5.54 Å². The van der Waals surface area contributed by atoms with Crippen LogP contribution in [-0.2, 0) is 12.0 Å². The van der Waals surface area contributed by atoms with Crippen molar-refractivity contribution in [2.75, 3.05) is 26.3 Å². The molecule has 2 aliphatic rings. The first kappa shape index (κ1) is 31.3. The number of alkyl halides is 1. The molecule has 1 aliphatic carbocycles. The van der Waals surface area contributed by atoms with E-state index in [1.165, 1.54) is 11.1 Å². The van der Waals surface area contributed by atoms with E-state index in [1.807, 2.05) is 38.1 Å². The number of hydrogen-bond acceptors (Lipinski definition) is 4. The highest BCUT2D eigenvalue weighted by molar-refractivity contribution is 6.30. The number of rotatable bonds is 9. The molecule has 0 radical (unpaired) electrons. The Morgan fingerprint density at radius 2 is 1.69 bits per heavy atom. The van der Waals surface area contributed by atoms with Crippen molar-refractivity contribution < 1.29 is 14.2 Å². The average Bonchev–Trinajstić information content (AvgIpc) is 3.38. The van der Waals surface area contributed by atoms with Gasteiger partial charge in [0.05, 0.1) is 6.67 Å². The van der Waals surface area contributed by atoms with Crippen LogP contribution in [0.4, 0.5) is 4.39 Å². The maximum atomic E-state index is 12.6. The first-order chi connectivity index (χ1) is 21.7. The van der Waals surface area contributed by atoms with Gasteiger partial charge >= 0.3 is 0 Å². The highest BCUT2D eigenvalue weighted by Gasteiger charge is 2.25. The third-order valence-electron chi connectivity index (χ3n) is 9.06. The van der Waals surface area contributed by atoms with Gasteiger partial charge in [-0.25, -0.2) is 0 Å². The zero-order chi connectivity index (χ0) is 31.6. The number of aromatic hydroxyl groups is 1. The number of hydrogen-bond donors (Lipinski definition) is 2. The maximum Gasteiger partial charge on any atom is 0.124 e. The molecule has 1 aliphatic heterocycles. The molecule has 0 aromatic heterocycles. The van der Waals surface area contributed by atoms with Gasteiger partial charge in [-0.1, -0.05) is 60.1 Å². The Kier molecular flexibility index (Phi) is 9.32. The number of ether oxygens (including phenoxy) is 1. The Hall–Kier alpha value is -3.64. The van der Waals surface area contributed by atoms with Gasteiger partial charge in [-0.05, 0) is 127 Å². The Morgan fingerprint density at radius 3 is 2.44 bits per heavy atom. The van der Waals surface area contributed by atoms with Crippen LogP contribution in [0.1, 0.15) is 67.3 Å². The number of aryl methyl sites for hydroxylation is 1. The van der Waals surface area contributed by atoms with E-state index in [2.05, 4.69) is 59.5 Å². The normalized spacial score (nSPS) is 17.3. The molecule has 0 bridgehead atoms. The van der Waals surface area contributed by atoms with Crippen molar-refractivity contribution in [1.29, 1.82) is 0 Å². The van der Waals surface area contributed by atoms with Crippen molar-refractivity contribution >= 4 is 22.7 Å². The molecular weight excluding hydrogens is 583 g/mol. The van der Waals surface area contributed by atoms with Crippen LogP contribution in [-0.4, -0.2) is 42.4 Å². The van der Waals surface area contributed by atoms with Crippen molar-refractivity contribution in [2.45, 2.75) is 57.6 Å². The summed E-state index contributed by atoms with van der Waals surface area (Å²) in [6.07, 6.45) is 4.32. The molecule has 0 saturated carbocycles. The standard InChI is InChI=1S/C39H42ClFN2O2/c1-39(2,42)30-8-3-6-27(23-30)28-12-16-34-29(22-28)7-4-9-36(35-17-13-31(40)24-37(35)44)38(34)26-10-14-32(15-11-26)45-33-18-21-43(25-33)20-5-19-41/h3,6,8,10-17,22-24,33,44H,4-5,7,9,18-21,25,42H2,1-2H3. The van der Waals surface area contributed by atoms with Gasteiger partial charge in [0, 0.05) is 35.8 Å². The number of likely N-dealkylation sites (tertiary alicyclic amines) is 1. The van der Waals surface area contributed by atoms with Gasteiger partial charge in [-0.15, -0.1) is 0 Å². The number of phenolic OH excluding ortho intramolecular Hbond substituents is 1. The van der Waals surface area contributed by atoms with Crippen LogP contribution in [0.15, 0.2) is 84.9 Å². The van der Waals surface area contributed by atoms with Crippen LogP contribution < -0.4 is 10.5 Å². The second-order valence-corrected chi connectivity index (χ2v) is 13.4. The number of halogens is 2. The van der Waals surface area contributed by atoms with E-state index in [-0.39, 0.29) is 18.5 Å². The minimum absolute atomic E-state index is 0.108. The first-order valence-electron chi connectivity index (χ1n) is 16.0. The van der Waals surface area contributed by atoms with Gasteiger partial charge in [0.15, 0.2) is 0 Å². The smallest absolute Gasteiger partial charge is 0.124 e. The predicted molar refractivity (Wildman–Crippen MR) is 184 cm³/mol. The number of benzene rings is 4. The van der Waals surface area contributed by atoms with Gasteiger partial charge in [-0.3, -0.25) is 9.29 Å². The summed E-state index contributed by atoms with van der Waals surface area (Å²) in [6, 6.07) is 29.0. The van der Waals surface area contributed by atoms with Gasteiger partial charge in [0.1, 0.15) is 17.6 Å². The minimum Gasteiger partial charge on any atom is -0.507 e. The van der Waals surface area contributed by atoms with Crippen LogP contribution in [0.3, 0.4) is 0 Å². The number of allylic oxidation sites excluding steroid dienone is 1. The van der Waals surface area contributed by atoms with Crippen molar-refractivity contribution in [3.63, 3.8) is 0 Å². The molecule has 234 valence electrons. The maximum absolute atomic E-state index is 12.6. The average molecular weight is 625 g/mol. The van der Waals surface area contributed by atoms with Crippen molar-refractivity contribution in [3.05, 3.63) is 118 Å². The third kappa shape index (κ3) is 7.12. The Labute approximate surface area is 271 Å². The van der Waals surface area contributed by atoms with Crippen LogP contribution in [0.25, 0.3) is 22.3 Å². The lowest BCUT2D eigenvalue weighted by Crippen LogP contribution is -2.28. The number of nitrogens with zero attached hydrogens (tertiary/aromatic N) is 1. The van der Waals surface area contributed by atoms with E-state index in [1.54, 1.807) is 6.07 Å². The lowest BCUT2D eigenvalue weighted by molar-refractivity contribution is 0.198. The molecule has 4 aromatic rings. The van der Waals surface area contributed by atoms with E-state index in [9.17, 15) is 9.50 Å². The van der Waals surface area contributed by atoms with Crippen LogP contribution in [0.5, 0.6) is 11.5 Å². The molecule has 45 heavy (non-hydrogen) atoms. The summed E-state index contributed by atoms with van der Waals surface area (Å²) in [7, 11) is 0. The number of nitrogens with two attached hydrogens (primary N) is 1. The second-order valence-electron chi connectivity index (χ2n) is 12.9. The van der Waals surface area contributed by atoms with Gasteiger partial charge < -0.3 is 15.6 Å². The van der Waals surface area contributed by atoms with Crippen molar-refractivity contribution in [1.82, 2.24) is 4.90 Å². The molecule has 1 atom stereocenters. The molecule has 1 heterocycles. The molecule has 0 amide bonds. The Bertz CT molecular complexity index is 1690. The molecule has 1 saturated heterocycles. The lowest BCUT2D eigenvalue weighted by Gasteiger charge is -2.21. The fourth-order valence-electron chi connectivity index (χ4n) is 6.70. The second kappa shape index (κ2) is 13.4. The summed E-state index contributed by atoms with van der Waals surface area (Å²) in [4.78, 5) is 2.28. The summed E-state index contributed by atoms with van der Waals surface area (Å²) in [6.45, 7) is 6.33. The van der Waals surface area contributed by atoms with E-state index >= 15 is 0 Å². The van der Waals surface area contributed by atoms with Crippen LogP contribution in [0.2, 0.25) is 5.02 Å². The number of fused-ring (bicyclic) bond motifs is 1. The zero-order valence-electron chi connectivity index (χ0n) is 26.2. The molecule has 3 N–H and O–H groups in total. The summed E-state index contributed by atoms with van der Waals surface area (Å²) < 4.78 is 19.0. The molecule has 1 fully saturated rings. The first-order valence-corrected chi connectivity index (χ1v) is 16.4. The SMILES string of the molecule is CC(C)(N)c1cccc(-c2ccc3c(c2)CCCC(c2ccc(Cl)cc2O)=C3c2ccc(OC3CCN(CCCF)C3)cc2)c1. The summed E-state index contributed by atoms with van der Waals surface area (Å²) in [5.74, 6) is 1.02. The topological polar surface area (TPSA) is 58.7 Å². The van der Waals surface area contributed by atoms with Gasteiger partial charge in [0.25, 0.3) is 0 Å². The quantitative estimate of drug-likeness (QED) is 0.195. The van der Waals surface area contributed by atoms with E-state index in [0.717, 1.165) is 90.0 Å². The monoisotopic (exact) mass is 624 g/mol. The highest BCUT2D eigenvalue weighted by Crippen LogP contribution is 2.44. The lowest BCUT2D eigenvalue weighted by atomic mass is 9.86. The van der Waals surface area contributed by atoms with Gasteiger partial charge in [0.2, 0.25) is 0 Å². The Morgan fingerprint density at radius 1 is 0.933 bits per heavy atom. The fraction of sp³-hybridized carbons (Fsp3) is 0.333. The molecule has 4 nitrogen and oxygen atoms in total. The predicted octanol–water partition coefficient (Wildman–Crippen LogP) is 9.01. The molecule has 6 heteroatoms. The van der Waals surface area contributed by atoms with Crippen LogP contribution >= 0.6 is 11.6 Å². The molecule has 4 aromatic carbocycles. The minimum atomic E-state index is -0.421. The Balaban J connectivity index is 1.38. The van der Waals surface area contributed by atoms with Crippen molar-refractivity contribution in [3.8, 4) is 22.6 Å². The fourth-order valence-corrected chi connectivity index (χ4v) is 6.86. The third-order valence-corrected chi connectivity index (χ3v) is 9.29. The summed E-state index contributed by atoms with van der Waals surface area (Å²) in [5, 5.41) is 11.5. The van der Waals surface area contributed by atoms with E-state index in [4.69, 9.17) is 22.1 Å². The van der Waals surface area contributed by atoms with Crippen molar-refractivity contribution in [2.24, 2.45) is 5.73 Å².